The van der Waals surface area contributed by atoms with Gasteiger partial charge in [0.2, 0.25) is 0 Å². The molecule has 1 unspecified atom stereocenters. The van der Waals surface area contributed by atoms with Crippen LogP contribution in [0, 0.1) is 5.82 Å². The van der Waals surface area contributed by atoms with Gasteiger partial charge < -0.3 is 15.2 Å². The third kappa shape index (κ3) is 4.88. The van der Waals surface area contributed by atoms with E-state index in [9.17, 15) is 14.3 Å². The number of nitrogens with one attached hydrogen (secondary N) is 1. The van der Waals surface area contributed by atoms with Crippen molar-refractivity contribution in [1.29, 1.82) is 0 Å². The molecule has 6 heteroatoms. The van der Waals surface area contributed by atoms with Gasteiger partial charge in [-0.2, -0.15) is 0 Å². The van der Waals surface area contributed by atoms with Crippen LogP contribution < -0.4 is 5.32 Å². The Morgan fingerprint density at radius 1 is 1.14 bits per heavy atom. The molecule has 150 valence electrons. The maximum Gasteiger partial charge on any atom is 0.255 e. The first-order valence-corrected chi connectivity index (χ1v) is 9.64. The van der Waals surface area contributed by atoms with Gasteiger partial charge in [0.1, 0.15) is 11.6 Å². The number of morpholine rings is 1. The molecule has 2 aromatic carbocycles. The summed E-state index contributed by atoms with van der Waals surface area (Å²) in [5.74, 6) is -0.363. The minimum atomic E-state index is -0.326. The quantitative estimate of drug-likeness (QED) is 0.798. The first kappa shape index (κ1) is 20.3. The Bertz CT molecular complexity index is 802. The van der Waals surface area contributed by atoms with Crippen LogP contribution in [0.25, 0.3) is 0 Å². The molecule has 0 saturated carbocycles. The number of nitrogens with zero attached hydrogens (tertiary/aromatic N) is 1. The molecule has 1 amide bonds. The van der Waals surface area contributed by atoms with Crippen molar-refractivity contribution in [3.8, 4) is 5.75 Å². The molecule has 1 aliphatic heterocycles. The first-order valence-electron chi connectivity index (χ1n) is 9.64. The summed E-state index contributed by atoms with van der Waals surface area (Å²) in [6.45, 7) is 7.16. The standard InChI is InChI=1S/C22H27FN2O3/c1-15(2)17-5-8-19(21(26)13-17)22(27)24-14-20(25-9-11-28-12-10-25)16-3-6-18(23)7-4-16/h3-8,13,15,20,26H,9-12,14H2,1-2H3,(H,24,27). The molecule has 3 rings (SSSR count). The van der Waals surface area contributed by atoms with Crippen LogP contribution in [0.5, 0.6) is 5.75 Å². The van der Waals surface area contributed by atoms with E-state index in [0.29, 0.717) is 19.8 Å². The third-order valence-electron chi connectivity index (χ3n) is 5.13. The molecule has 1 heterocycles. The van der Waals surface area contributed by atoms with Crippen LogP contribution in [0.4, 0.5) is 4.39 Å². The van der Waals surface area contributed by atoms with Crippen molar-refractivity contribution in [3.63, 3.8) is 0 Å². The van der Waals surface area contributed by atoms with Crippen LogP contribution in [0.1, 0.15) is 47.3 Å². The van der Waals surface area contributed by atoms with Gasteiger partial charge in [0, 0.05) is 19.6 Å². The van der Waals surface area contributed by atoms with Gasteiger partial charge in [-0.05, 0) is 41.3 Å². The molecule has 1 saturated heterocycles. The average Bonchev–Trinajstić information content (AvgIpc) is 2.70. The smallest absolute Gasteiger partial charge is 0.255 e. The number of phenolic OH excluding ortho intramolecular Hbond substituents is 1. The van der Waals surface area contributed by atoms with Gasteiger partial charge in [0.05, 0.1) is 24.8 Å². The lowest BCUT2D eigenvalue weighted by Crippen LogP contribution is -2.43. The number of carbonyl (C=O) groups excluding carboxylic acids is 1. The number of halogens is 1. The lowest BCUT2D eigenvalue weighted by Gasteiger charge is -2.35. The number of phenols is 1. The van der Waals surface area contributed by atoms with E-state index in [2.05, 4.69) is 10.2 Å². The van der Waals surface area contributed by atoms with E-state index in [4.69, 9.17) is 4.74 Å². The maximum atomic E-state index is 13.3. The number of aromatic hydroxyl groups is 1. The molecule has 1 aliphatic rings. The summed E-state index contributed by atoms with van der Waals surface area (Å²) in [5.41, 5.74) is 2.17. The van der Waals surface area contributed by atoms with E-state index in [1.54, 1.807) is 24.3 Å². The lowest BCUT2D eigenvalue weighted by atomic mass is 10.0. The van der Waals surface area contributed by atoms with Crippen LogP contribution >= 0.6 is 0 Å². The normalized spacial score (nSPS) is 16.1. The summed E-state index contributed by atoms with van der Waals surface area (Å²) >= 11 is 0. The van der Waals surface area contributed by atoms with E-state index in [1.165, 1.54) is 12.1 Å². The lowest BCUT2D eigenvalue weighted by molar-refractivity contribution is 0.0162. The molecule has 0 aliphatic carbocycles. The number of carbonyl (C=O) groups is 1. The average molecular weight is 386 g/mol. The molecule has 0 radical (unpaired) electrons. The topological polar surface area (TPSA) is 61.8 Å². The molecule has 28 heavy (non-hydrogen) atoms. The minimum absolute atomic E-state index is 0.0200. The highest BCUT2D eigenvalue weighted by atomic mass is 19.1. The fourth-order valence-corrected chi connectivity index (χ4v) is 3.42. The zero-order chi connectivity index (χ0) is 20.1. The number of hydrogen-bond acceptors (Lipinski definition) is 4. The molecule has 0 bridgehead atoms. The highest BCUT2D eigenvalue weighted by molar-refractivity contribution is 5.96. The van der Waals surface area contributed by atoms with Gasteiger partial charge in [-0.15, -0.1) is 0 Å². The second-order valence-corrected chi connectivity index (χ2v) is 7.36. The number of amides is 1. The molecule has 0 spiro atoms. The monoisotopic (exact) mass is 386 g/mol. The Kier molecular flexibility index (Phi) is 6.65. The summed E-state index contributed by atoms with van der Waals surface area (Å²) in [6, 6.07) is 11.4. The Morgan fingerprint density at radius 3 is 2.39 bits per heavy atom. The van der Waals surface area contributed by atoms with Gasteiger partial charge in [-0.3, -0.25) is 9.69 Å². The Balaban J connectivity index is 1.74. The molecule has 1 atom stereocenters. The molecule has 0 aromatic heterocycles. The second kappa shape index (κ2) is 9.17. The summed E-state index contributed by atoms with van der Waals surface area (Å²) in [7, 11) is 0. The number of benzene rings is 2. The summed E-state index contributed by atoms with van der Waals surface area (Å²) in [6.07, 6.45) is 0. The molecule has 2 aromatic rings. The van der Waals surface area contributed by atoms with E-state index >= 15 is 0 Å². The van der Waals surface area contributed by atoms with Crippen molar-refractivity contribution in [1.82, 2.24) is 10.2 Å². The van der Waals surface area contributed by atoms with Crippen molar-refractivity contribution < 1.29 is 19.0 Å². The van der Waals surface area contributed by atoms with Crippen LogP contribution in [0.2, 0.25) is 0 Å². The third-order valence-corrected chi connectivity index (χ3v) is 5.13. The number of hydrogen-bond donors (Lipinski definition) is 2. The van der Waals surface area contributed by atoms with Crippen LogP contribution in [-0.2, 0) is 4.74 Å². The van der Waals surface area contributed by atoms with E-state index in [0.717, 1.165) is 24.2 Å². The van der Waals surface area contributed by atoms with E-state index < -0.39 is 0 Å². The zero-order valence-corrected chi connectivity index (χ0v) is 16.3. The Labute approximate surface area is 165 Å². The van der Waals surface area contributed by atoms with Crippen LogP contribution in [-0.4, -0.2) is 48.8 Å². The van der Waals surface area contributed by atoms with Gasteiger partial charge in [-0.25, -0.2) is 4.39 Å². The largest absolute Gasteiger partial charge is 0.507 e. The summed E-state index contributed by atoms with van der Waals surface area (Å²) in [5, 5.41) is 13.2. The Morgan fingerprint density at radius 2 is 1.79 bits per heavy atom. The van der Waals surface area contributed by atoms with Crippen molar-refractivity contribution in [2.24, 2.45) is 0 Å². The summed E-state index contributed by atoms with van der Waals surface area (Å²) in [4.78, 5) is 14.9. The molecular weight excluding hydrogens is 359 g/mol. The molecule has 1 fully saturated rings. The SMILES string of the molecule is CC(C)c1ccc(C(=O)NCC(c2ccc(F)cc2)N2CCOCC2)c(O)c1. The molecule has 5 nitrogen and oxygen atoms in total. The van der Waals surface area contributed by atoms with E-state index in [1.807, 2.05) is 19.9 Å². The first-order chi connectivity index (χ1) is 13.5. The van der Waals surface area contributed by atoms with Gasteiger partial charge in [0.15, 0.2) is 0 Å². The fourth-order valence-electron chi connectivity index (χ4n) is 3.42. The van der Waals surface area contributed by atoms with Crippen molar-refractivity contribution in [3.05, 3.63) is 65.0 Å². The summed E-state index contributed by atoms with van der Waals surface area (Å²) < 4.78 is 18.8. The van der Waals surface area contributed by atoms with Crippen molar-refractivity contribution in [2.45, 2.75) is 25.8 Å². The maximum absolute atomic E-state index is 13.3. The predicted molar refractivity (Wildman–Crippen MR) is 106 cm³/mol. The highest BCUT2D eigenvalue weighted by Crippen LogP contribution is 2.25. The van der Waals surface area contributed by atoms with Crippen molar-refractivity contribution >= 4 is 5.91 Å². The number of rotatable bonds is 6. The van der Waals surface area contributed by atoms with Gasteiger partial charge >= 0.3 is 0 Å². The zero-order valence-electron chi connectivity index (χ0n) is 16.3. The highest BCUT2D eigenvalue weighted by Gasteiger charge is 2.24. The second-order valence-electron chi connectivity index (χ2n) is 7.36. The molecular formula is C22H27FN2O3. The number of ether oxygens (including phenoxy) is 1. The Hall–Kier alpha value is -2.44. The van der Waals surface area contributed by atoms with Gasteiger partial charge in [-0.1, -0.05) is 32.0 Å². The fraction of sp³-hybridized carbons (Fsp3) is 0.409. The predicted octanol–water partition coefficient (Wildman–Crippen LogP) is 3.46. The van der Waals surface area contributed by atoms with Crippen molar-refractivity contribution in [2.75, 3.05) is 32.8 Å². The van der Waals surface area contributed by atoms with E-state index in [-0.39, 0.29) is 35.0 Å². The van der Waals surface area contributed by atoms with Gasteiger partial charge in [0.25, 0.3) is 5.91 Å². The molecule has 2 N–H and O–H groups in total. The minimum Gasteiger partial charge on any atom is -0.507 e. The van der Waals surface area contributed by atoms with Crippen LogP contribution in [0.3, 0.4) is 0 Å². The van der Waals surface area contributed by atoms with Crippen LogP contribution in [0.15, 0.2) is 42.5 Å².